The molecule has 0 aliphatic heterocycles. The van der Waals surface area contributed by atoms with Crippen LogP contribution < -0.4 is 15.5 Å². The fourth-order valence-corrected chi connectivity index (χ4v) is 2.29. The molecule has 1 aromatic carbocycles. The first-order chi connectivity index (χ1) is 10.6. The van der Waals surface area contributed by atoms with Crippen molar-refractivity contribution in [1.82, 2.24) is 5.32 Å². The quantitative estimate of drug-likeness (QED) is 0.695. The van der Waals surface area contributed by atoms with Gasteiger partial charge in [0.25, 0.3) is 0 Å². The number of carbonyl (C=O) groups excluding carboxylic acids is 1. The van der Waals surface area contributed by atoms with E-state index in [4.69, 9.17) is 0 Å². The van der Waals surface area contributed by atoms with Crippen molar-refractivity contribution in [1.29, 1.82) is 0 Å². The minimum atomic E-state index is 0.118. The van der Waals surface area contributed by atoms with Crippen LogP contribution >= 0.6 is 0 Å². The van der Waals surface area contributed by atoms with Gasteiger partial charge in [-0.25, -0.2) is 0 Å². The Morgan fingerprint density at radius 2 is 1.73 bits per heavy atom. The van der Waals surface area contributed by atoms with Crippen LogP contribution in [-0.2, 0) is 4.79 Å². The van der Waals surface area contributed by atoms with E-state index in [1.807, 2.05) is 0 Å². The largest absolute Gasteiger partial charge is 0.385 e. The molecule has 0 fully saturated rings. The number of nitrogens with one attached hydrogen (secondary N) is 2. The van der Waals surface area contributed by atoms with Gasteiger partial charge in [0.05, 0.1) is 0 Å². The predicted octanol–water partition coefficient (Wildman–Crippen LogP) is 3.50. The molecule has 0 bridgehead atoms. The standard InChI is InChI=1S/C18H31N3O/c1-5-21(6-2)17-9-7-16(8-10-17)19-14-12-18(22)20-13-11-15(3)4/h7-10,15,19H,5-6,11-14H2,1-4H3,(H,20,22). The number of hydrogen-bond donors (Lipinski definition) is 2. The van der Waals surface area contributed by atoms with Crippen LogP contribution in [-0.4, -0.2) is 32.1 Å². The Morgan fingerprint density at radius 1 is 1.09 bits per heavy atom. The Bertz CT molecular complexity index is 424. The molecule has 0 saturated carbocycles. The van der Waals surface area contributed by atoms with E-state index in [-0.39, 0.29) is 5.91 Å². The maximum Gasteiger partial charge on any atom is 0.221 e. The summed E-state index contributed by atoms with van der Waals surface area (Å²) < 4.78 is 0. The van der Waals surface area contributed by atoms with Crippen LogP contribution in [0.3, 0.4) is 0 Å². The van der Waals surface area contributed by atoms with Crippen molar-refractivity contribution in [2.24, 2.45) is 5.92 Å². The van der Waals surface area contributed by atoms with Crippen LogP contribution in [0.25, 0.3) is 0 Å². The van der Waals surface area contributed by atoms with Crippen molar-refractivity contribution >= 4 is 17.3 Å². The molecular formula is C18H31N3O. The fraction of sp³-hybridized carbons (Fsp3) is 0.611. The van der Waals surface area contributed by atoms with E-state index in [0.29, 0.717) is 18.9 Å². The van der Waals surface area contributed by atoms with E-state index in [2.05, 4.69) is 67.5 Å². The molecule has 0 unspecified atom stereocenters. The van der Waals surface area contributed by atoms with Gasteiger partial charge in [0.1, 0.15) is 0 Å². The first-order valence-electron chi connectivity index (χ1n) is 8.42. The second-order valence-electron chi connectivity index (χ2n) is 5.93. The van der Waals surface area contributed by atoms with Crippen molar-refractivity contribution < 1.29 is 4.79 Å². The number of carbonyl (C=O) groups is 1. The lowest BCUT2D eigenvalue weighted by Crippen LogP contribution is -2.27. The van der Waals surface area contributed by atoms with E-state index >= 15 is 0 Å². The Morgan fingerprint density at radius 3 is 2.27 bits per heavy atom. The summed E-state index contributed by atoms with van der Waals surface area (Å²) in [5.74, 6) is 0.746. The van der Waals surface area contributed by atoms with Crippen molar-refractivity contribution in [3.05, 3.63) is 24.3 Å². The third-order valence-corrected chi connectivity index (χ3v) is 3.72. The molecule has 0 aromatic heterocycles. The first-order valence-corrected chi connectivity index (χ1v) is 8.42. The lowest BCUT2D eigenvalue weighted by atomic mass is 10.1. The molecule has 0 saturated heterocycles. The van der Waals surface area contributed by atoms with Gasteiger partial charge in [-0.1, -0.05) is 13.8 Å². The second kappa shape index (κ2) is 10.1. The van der Waals surface area contributed by atoms with Gasteiger partial charge in [-0.2, -0.15) is 0 Å². The molecule has 124 valence electrons. The summed E-state index contributed by atoms with van der Waals surface area (Å²) in [5.41, 5.74) is 2.30. The monoisotopic (exact) mass is 305 g/mol. The fourth-order valence-electron chi connectivity index (χ4n) is 2.29. The third-order valence-electron chi connectivity index (χ3n) is 3.72. The summed E-state index contributed by atoms with van der Waals surface area (Å²) in [7, 11) is 0. The number of rotatable bonds is 10. The molecule has 1 rings (SSSR count). The highest BCUT2D eigenvalue weighted by Crippen LogP contribution is 2.17. The van der Waals surface area contributed by atoms with Crippen LogP contribution in [0.4, 0.5) is 11.4 Å². The van der Waals surface area contributed by atoms with Gasteiger partial charge in [-0.3, -0.25) is 4.79 Å². The second-order valence-corrected chi connectivity index (χ2v) is 5.93. The number of anilines is 2. The van der Waals surface area contributed by atoms with Gasteiger partial charge in [-0.15, -0.1) is 0 Å². The topological polar surface area (TPSA) is 44.4 Å². The zero-order valence-electron chi connectivity index (χ0n) is 14.5. The molecule has 0 atom stereocenters. The zero-order valence-corrected chi connectivity index (χ0v) is 14.5. The number of amides is 1. The third kappa shape index (κ3) is 6.83. The normalized spacial score (nSPS) is 10.6. The molecule has 4 heteroatoms. The smallest absolute Gasteiger partial charge is 0.221 e. The van der Waals surface area contributed by atoms with Crippen LogP contribution in [0.5, 0.6) is 0 Å². The minimum Gasteiger partial charge on any atom is -0.385 e. The molecule has 0 spiro atoms. The molecule has 2 N–H and O–H groups in total. The van der Waals surface area contributed by atoms with Gasteiger partial charge >= 0.3 is 0 Å². The van der Waals surface area contributed by atoms with Gasteiger partial charge < -0.3 is 15.5 Å². The Hall–Kier alpha value is -1.71. The van der Waals surface area contributed by atoms with Gasteiger partial charge in [0.15, 0.2) is 0 Å². The average Bonchev–Trinajstić information content (AvgIpc) is 2.49. The Kier molecular flexibility index (Phi) is 8.41. The first kappa shape index (κ1) is 18.3. The van der Waals surface area contributed by atoms with E-state index in [0.717, 1.165) is 31.7 Å². The molecule has 0 heterocycles. The summed E-state index contributed by atoms with van der Waals surface area (Å²) in [4.78, 5) is 14.0. The van der Waals surface area contributed by atoms with E-state index < -0.39 is 0 Å². The number of hydrogen-bond acceptors (Lipinski definition) is 3. The van der Waals surface area contributed by atoms with Crippen LogP contribution in [0.15, 0.2) is 24.3 Å². The van der Waals surface area contributed by atoms with Gasteiger partial charge in [0, 0.05) is 44.0 Å². The van der Waals surface area contributed by atoms with Crippen molar-refractivity contribution in [2.45, 2.75) is 40.5 Å². The predicted molar refractivity (Wildman–Crippen MR) is 95.6 cm³/mol. The maximum absolute atomic E-state index is 11.7. The van der Waals surface area contributed by atoms with Crippen LogP contribution in [0.1, 0.15) is 40.5 Å². The molecular weight excluding hydrogens is 274 g/mol. The van der Waals surface area contributed by atoms with Crippen molar-refractivity contribution in [2.75, 3.05) is 36.4 Å². The van der Waals surface area contributed by atoms with Gasteiger partial charge in [-0.05, 0) is 50.5 Å². The zero-order chi connectivity index (χ0) is 16.4. The molecule has 4 nitrogen and oxygen atoms in total. The molecule has 22 heavy (non-hydrogen) atoms. The highest BCUT2D eigenvalue weighted by molar-refractivity contribution is 5.76. The van der Waals surface area contributed by atoms with Crippen LogP contribution in [0.2, 0.25) is 0 Å². The Balaban J connectivity index is 2.29. The van der Waals surface area contributed by atoms with Gasteiger partial charge in [0.2, 0.25) is 5.91 Å². The van der Waals surface area contributed by atoms with E-state index in [9.17, 15) is 4.79 Å². The molecule has 1 amide bonds. The highest BCUT2D eigenvalue weighted by atomic mass is 16.1. The summed E-state index contributed by atoms with van der Waals surface area (Å²) in [6.07, 6.45) is 1.54. The number of benzene rings is 1. The van der Waals surface area contributed by atoms with E-state index in [1.54, 1.807) is 0 Å². The molecule has 0 radical (unpaired) electrons. The van der Waals surface area contributed by atoms with E-state index in [1.165, 1.54) is 5.69 Å². The minimum absolute atomic E-state index is 0.118. The molecule has 1 aromatic rings. The summed E-state index contributed by atoms with van der Waals surface area (Å²) >= 11 is 0. The van der Waals surface area contributed by atoms with Crippen LogP contribution in [0, 0.1) is 5.92 Å². The molecule has 0 aliphatic carbocycles. The SMILES string of the molecule is CCN(CC)c1ccc(NCCC(=O)NCCC(C)C)cc1. The maximum atomic E-state index is 11.7. The van der Waals surface area contributed by atoms with Crippen molar-refractivity contribution in [3.8, 4) is 0 Å². The lowest BCUT2D eigenvalue weighted by Gasteiger charge is -2.21. The summed E-state index contributed by atoms with van der Waals surface area (Å²) in [5, 5.41) is 6.25. The highest BCUT2D eigenvalue weighted by Gasteiger charge is 2.03. The lowest BCUT2D eigenvalue weighted by molar-refractivity contribution is -0.120. The summed E-state index contributed by atoms with van der Waals surface area (Å²) in [6.45, 7) is 12.1. The number of nitrogens with zero attached hydrogens (tertiary/aromatic N) is 1. The molecule has 0 aliphatic rings. The van der Waals surface area contributed by atoms with Crippen molar-refractivity contribution in [3.63, 3.8) is 0 Å². The summed E-state index contributed by atoms with van der Waals surface area (Å²) in [6, 6.07) is 8.39. The Labute approximate surface area is 135 Å². The average molecular weight is 305 g/mol.